The summed E-state index contributed by atoms with van der Waals surface area (Å²) in [5.41, 5.74) is 10.3. The third-order valence-corrected chi connectivity index (χ3v) is 3.96. The van der Waals surface area contributed by atoms with Crippen LogP contribution in [0.1, 0.15) is 12.5 Å². The first-order valence-electron chi connectivity index (χ1n) is 7.41. The number of halogens is 2. The first-order valence-corrected chi connectivity index (χ1v) is 8.58. The molecular weight excluding hydrogens is 380 g/mol. The van der Waals surface area contributed by atoms with Crippen molar-refractivity contribution in [1.29, 1.82) is 0 Å². The van der Waals surface area contributed by atoms with Crippen LogP contribution in [-0.2, 0) is 15.5 Å². The average Bonchev–Trinajstić information content (AvgIpc) is 2.58. The second-order valence-corrected chi connectivity index (χ2v) is 6.37. The highest BCUT2D eigenvalue weighted by molar-refractivity contribution is 7.72. The number of amides is 1. The van der Waals surface area contributed by atoms with E-state index in [0.717, 1.165) is 12.1 Å². The number of hydrogen-bond acceptors (Lipinski definition) is 4. The van der Waals surface area contributed by atoms with E-state index in [9.17, 15) is 22.0 Å². The molecule has 7 nitrogen and oxygen atoms in total. The highest BCUT2D eigenvalue weighted by atomic mass is 32.2. The molecule has 0 aromatic heterocycles. The lowest BCUT2D eigenvalue weighted by Gasteiger charge is -2.09. The highest BCUT2D eigenvalue weighted by Crippen LogP contribution is 2.29. The number of nitrogens with zero attached hydrogens (tertiary/aromatic N) is 1. The molecule has 0 aliphatic heterocycles. The van der Waals surface area contributed by atoms with Crippen LogP contribution in [0.2, 0.25) is 0 Å². The van der Waals surface area contributed by atoms with Crippen LogP contribution in [-0.4, -0.2) is 20.3 Å². The largest absolute Gasteiger partial charge is 0.451 e. The number of benzene rings is 2. The van der Waals surface area contributed by atoms with Gasteiger partial charge in [0.25, 0.3) is 5.91 Å². The SMILES string of the molecule is C/C(=C\c1cc(F)c(Oc2ccc([SH](=O)=O)cc2)c(F)c1)C(=O)N=C(N)N. The Morgan fingerprint density at radius 2 is 1.67 bits per heavy atom. The minimum absolute atomic E-state index is 0.0414. The van der Waals surface area contributed by atoms with Gasteiger partial charge >= 0.3 is 0 Å². The van der Waals surface area contributed by atoms with Crippen molar-refractivity contribution in [3.05, 3.63) is 59.2 Å². The van der Waals surface area contributed by atoms with Gasteiger partial charge in [-0.1, -0.05) is 0 Å². The fourth-order valence-corrected chi connectivity index (χ4v) is 2.42. The van der Waals surface area contributed by atoms with Crippen LogP contribution in [0.5, 0.6) is 11.5 Å². The molecule has 0 saturated heterocycles. The smallest absolute Gasteiger partial charge is 0.275 e. The summed E-state index contributed by atoms with van der Waals surface area (Å²) >= 11 is 0. The number of rotatable bonds is 5. The number of carbonyl (C=O) groups excluding carboxylic acids is 1. The minimum Gasteiger partial charge on any atom is -0.451 e. The first kappa shape index (κ1) is 20.0. The molecule has 27 heavy (non-hydrogen) atoms. The first-order chi connectivity index (χ1) is 12.7. The van der Waals surface area contributed by atoms with E-state index in [-0.39, 0.29) is 21.8 Å². The van der Waals surface area contributed by atoms with Crippen molar-refractivity contribution >= 4 is 28.6 Å². The second-order valence-electron chi connectivity index (χ2n) is 5.34. The summed E-state index contributed by atoms with van der Waals surface area (Å²) in [7, 11) is -2.77. The predicted molar refractivity (Wildman–Crippen MR) is 95.9 cm³/mol. The van der Waals surface area contributed by atoms with Crippen molar-refractivity contribution in [2.24, 2.45) is 16.5 Å². The molecule has 0 atom stereocenters. The number of carbonyl (C=O) groups is 1. The maximum atomic E-state index is 14.2. The van der Waals surface area contributed by atoms with Gasteiger partial charge in [0.05, 0.1) is 4.90 Å². The van der Waals surface area contributed by atoms with Gasteiger partial charge in [0.15, 0.2) is 34.0 Å². The molecular formula is C17H15F2N3O4S. The van der Waals surface area contributed by atoms with E-state index in [0.29, 0.717) is 0 Å². The Kier molecular flexibility index (Phi) is 6.24. The number of thiol groups is 1. The van der Waals surface area contributed by atoms with Crippen LogP contribution < -0.4 is 16.2 Å². The molecule has 0 spiro atoms. The predicted octanol–water partition coefficient (Wildman–Crippen LogP) is 1.93. The van der Waals surface area contributed by atoms with Gasteiger partial charge in [-0.25, -0.2) is 17.2 Å². The van der Waals surface area contributed by atoms with Gasteiger partial charge < -0.3 is 16.2 Å². The van der Waals surface area contributed by atoms with Crippen molar-refractivity contribution in [1.82, 2.24) is 0 Å². The quantitative estimate of drug-likeness (QED) is 0.307. The Labute approximate surface area is 154 Å². The van der Waals surface area contributed by atoms with Crippen LogP contribution in [0, 0.1) is 11.6 Å². The van der Waals surface area contributed by atoms with E-state index < -0.39 is 40.0 Å². The zero-order valence-electron chi connectivity index (χ0n) is 14.0. The lowest BCUT2D eigenvalue weighted by molar-refractivity contribution is -0.114. The molecule has 2 aromatic carbocycles. The Bertz CT molecular complexity index is 980. The van der Waals surface area contributed by atoms with Crippen molar-refractivity contribution in [2.75, 3.05) is 0 Å². The van der Waals surface area contributed by atoms with E-state index >= 15 is 0 Å². The maximum absolute atomic E-state index is 14.2. The molecule has 0 radical (unpaired) electrons. The Morgan fingerprint density at radius 3 is 2.15 bits per heavy atom. The second kappa shape index (κ2) is 8.41. The fraction of sp³-hybridized carbons (Fsp3) is 0.0588. The van der Waals surface area contributed by atoms with Gasteiger partial charge in [-0.3, -0.25) is 4.79 Å². The summed E-state index contributed by atoms with van der Waals surface area (Å²) in [6.07, 6.45) is 1.21. The van der Waals surface area contributed by atoms with Crippen molar-refractivity contribution in [2.45, 2.75) is 11.8 Å². The molecule has 2 rings (SSSR count). The minimum atomic E-state index is -2.77. The van der Waals surface area contributed by atoms with Gasteiger partial charge in [-0.15, -0.1) is 0 Å². The lowest BCUT2D eigenvalue weighted by atomic mass is 10.1. The van der Waals surface area contributed by atoms with Crippen LogP contribution >= 0.6 is 0 Å². The molecule has 10 heteroatoms. The molecule has 2 aromatic rings. The molecule has 0 saturated carbocycles. The summed E-state index contributed by atoms with van der Waals surface area (Å²) in [6, 6.07) is 6.96. The van der Waals surface area contributed by atoms with Crippen LogP contribution in [0.3, 0.4) is 0 Å². The zero-order chi connectivity index (χ0) is 20.1. The number of ether oxygens (including phenoxy) is 1. The van der Waals surface area contributed by atoms with Crippen molar-refractivity contribution < 1.29 is 26.7 Å². The van der Waals surface area contributed by atoms with Gasteiger partial charge in [0.2, 0.25) is 0 Å². The molecule has 0 aliphatic rings. The molecule has 0 aliphatic carbocycles. The van der Waals surface area contributed by atoms with Gasteiger partial charge in [0, 0.05) is 5.57 Å². The van der Waals surface area contributed by atoms with E-state index in [1.807, 2.05) is 0 Å². The lowest BCUT2D eigenvalue weighted by Crippen LogP contribution is -2.24. The molecule has 0 unspecified atom stereocenters. The van der Waals surface area contributed by atoms with Gasteiger partial charge in [-0.2, -0.15) is 4.99 Å². The normalized spacial score (nSPS) is 11.3. The van der Waals surface area contributed by atoms with Crippen molar-refractivity contribution in [3.63, 3.8) is 0 Å². The number of nitrogens with two attached hydrogens (primary N) is 2. The standard InChI is InChI=1S/C17H15F2N3O4S/c1-9(16(23)22-17(20)21)6-10-7-13(18)15(14(19)8-10)26-11-2-4-12(5-3-11)27(24)25/h2-8,27H,1H3,(H4,20,21,22,23)/b9-6+. The molecule has 1 amide bonds. The highest BCUT2D eigenvalue weighted by Gasteiger charge is 2.14. The number of aliphatic imine (C=N–C) groups is 1. The summed E-state index contributed by atoms with van der Waals surface area (Å²) in [5, 5.41) is 0. The summed E-state index contributed by atoms with van der Waals surface area (Å²) in [4.78, 5) is 15.0. The maximum Gasteiger partial charge on any atom is 0.275 e. The molecule has 142 valence electrons. The van der Waals surface area contributed by atoms with Gasteiger partial charge in [-0.05, 0) is 55.0 Å². The zero-order valence-corrected chi connectivity index (χ0v) is 14.9. The Hall–Kier alpha value is -3.27. The van der Waals surface area contributed by atoms with Gasteiger partial charge in [0.1, 0.15) is 5.75 Å². The summed E-state index contributed by atoms with van der Waals surface area (Å²) in [5.74, 6) is -3.81. The summed E-state index contributed by atoms with van der Waals surface area (Å²) in [6.45, 7) is 1.39. The van der Waals surface area contributed by atoms with E-state index in [2.05, 4.69) is 4.99 Å². The summed E-state index contributed by atoms with van der Waals surface area (Å²) < 4.78 is 55.3. The van der Waals surface area contributed by atoms with E-state index in [1.165, 1.54) is 37.3 Å². The molecule has 0 heterocycles. The van der Waals surface area contributed by atoms with E-state index in [4.69, 9.17) is 16.2 Å². The number of hydrogen-bond donors (Lipinski definition) is 3. The molecule has 0 fully saturated rings. The van der Waals surface area contributed by atoms with Crippen LogP contribution in [0.4, 0.5) is 8.78 Å². The van der Waals surface area contributed by atoms with Crippen LogP contribution in [0.25, 0.3) is 6.08 Å². The average molecular weight is 395 g/mol. The fourth-order valence-electron chi connectivity index (χ4n) is 2.03. The third kappa shape index (κ3) is 5.35. The number of guanidine groups is 1. The van der Waals surface area contributed by atoms with Crippen LogP contribution in [0.15, 0.2) is 51.9 Å². The van der Waals surface area contributed by atoms with Crippen molar-refractivity contribution in [3.8, 4) is 11.5 Å². The topological polar surface area (TPSA) is 125 Å². The monoisotopic (exact) mass is 395 g/mol. The Morgan fingerprint density at radius 1 is 1.11 bits per heavy atom. The Balaban J connectivity index is 2.29. The van der Waals surface area contributed by atoms with E-state index in [1.54, 1.807) is 0 Å². The molecule has 4 N–H and O–H groups in total. The molecule has 0 bridgehead atoms. The third-order valence-electron chi connectivity index (χ3n) is 3.24.